The molecule has 0 bridgehead atoms. The van der Waals surface area contributed by atoms with Crippen molar-refractivity contribution in [2.45, 2.75) is 6.18 Å². The highest BCUT2D eigenvalue weighted by atomic mass is 35.5. The zero-order valence-electron chi connectivity index (χ0n) is 15.4. The zero-order chi connectivity index (χ0) is 22.8. The minimum absolute atomic E-state index is 0.0458. The van der Waals surface area contributed by atoms with Gasteiger partial charge in [0, 0.05) is 16.6 Å². The van der Waals surface area contributed by atoms with Crippen LogP contribution >= 0.6 is 22.9 Å². The summed E-state index contributed by atoms with van der Waals surface area (Å²) in [7, 11) is 0. The van der Waals surface area contributed by atoms with Gasteiger partial charge in [-0.15, -0.1) is 11.3 Å². The van der Waals surface area contributed by atoms with Crippen LogP contribution in [-0.2, 0) is 6.18 Å². The topological polar surface area (TPSA) is 119 Å². The predicted octanol–water partition coefficient (Wildman–Crippen LogP) is 5.77. The third kappa shape index (κ3) is 5.38. The molecule has 0 aliphatic heterocycles. The van der Waals surface area contributed by atoms with E-state index in [1.54, 1.807) is 29.6 Å². The van der Waals surface area contributed by atoms with Gasteiger partial charge in [-0.05, 0) is 35.9 Å². The van der Waals surface area contributed by atoms with E-state index in [4.69, 9.17) is 27.8 Å². The van der Waals surface area contributed by atoms with Gasteiger partial charge in [-0.1, -0.05) is 23.7 Å². The van der Waals surface area contributed by atoms with Gasteiger partial charge in [0.2, 0.25) is 0 Å². The lowest BCUT2D eigenvalue weighted by Gasteiger charge is -2.12. The number of primary amides is 1. The number of alkyl halides is 3. The number of rotatable bonds is 4. The Morgan fingerprint density at radius 2 is 1.74 bits per heavy atom. The maximum Gasteiger partial charge on any atom is 0.416 e. The van der Waals surface area contributed by atoms with Gasteiger partial charge < -0.3 is 26.8 Å². The summed E-state index contributed by atoms with van der Waals surface area (Å²) in [6.45, 7) is 0. The number of urea groups is 1. The maximum absolute atomic E-state index is 12.8. The van der Waals surface area contributed by atoms with E-state index in [1.165, 1.54) is 0 Å². The summed E-state index contributed by atoms with van der Waals surface area (Å²) < 4.78 is 43.5. The van der Waals surface area contributed by atoms with Crippen LogP contribution in [0.4, 0.5) is 39.1 Å². The van der Waals surface area contributed by atoms with Gasteiger partial charge in [0.1, 0.15) is 5.00 Å². The van der Waals surface area contributed by atoms with Gasteiger partial charge in [-0.25, -0.2) is 9.59 Å². The van der Waals surface area contributed by atoms with Crippen LogP contribution < -0.4 is 26.8 Å². The maximum atomic E-state index is 12.8. The Kier molecular flexibility index (Phi) is 6.27. The molecule has 0 radical (unpaired) electrons. The SMILES string of the molecule is NC(=O)Oc1c(-c2ccc(NC(=O)Nc3cc(C(F)(F)F)ccc3Cl)cc2)csc1N. The highest BCUT2D eigenvalue weighted by molar-refractivity contribution is 7.14. The number of nitrogen functional groups attached to an aromatic ring is 1. The summed E-state index contributed by atoms with van der Waals surface area (Å²) in [4.78, 5) is 23.2. The van der Waals surface area contributed by atoms with Crippen LogP contribution in [-0.4, -0.2) is 12.1 Å². The number of anilines is 3. The van der Waals surface area contributed by atoms with Crippen LogP contribution in [0.5, 0.6) is 5.75 Å². The largest absolute Gasteiger partial charge is 0.416 e. The third-order valence-corrected chi connectivity index (χ3v) is 5.09. The second-order valence-corrected chi connectivity index (χ2v) is 7.43. The van der Waals surface area contributed by atoms with Crippen LogP contribution in [0.25, 0.3) is 11.1 Å². The van der Waals surface area contributed by atoms with Crippen molar-refractivity contribution < 1.29 is 27.5 Å². The number of carbonyl (C=O) groups excluding carboxylic acids is 2. The zero-order valence-corrected chi connectivity index (χ0v) is 17.0. The first-order chi connectivity index (χ1) is 14.5. The molecule has 0 saturated heterocycles. The number of benzene rings is 2. The van der Waals surface area contributed by atoms with E-state index in [2.05, 4.69) is 10.6 Å². The minimum Gasteiger partial charge on any atom is -0.407 e. The van der Waals surface area contributed by atoms with Gasteiger partial charge in [-0.3, -0.25) is 0 Å². The molecular weight excluding hydrogens is 457 g/mol. The Labute approximate surface area is 182 Å². The molecule has 1 aromatic heterocycles. The number of nitrogens with two attached hydrogens (primary N) is 2. The predicted molar refractivity (Wildman–Crippen MR) is 113 cm³/mol. The highest BCUT2D eigenvalue weighted by Crippen LogP contribution is 2.40. The summed E-state index contributed by atoms with van der Waals surface area (Å²) in [6, 6.07) is 8.17. The van der Waals surface area contributed by atoms with Gasteiger partial charge in [0.05, 0.1) is 16.3 Å². The second kappa shape index (κ2) is 8.74. The quantitative estimate of drug-likeness (QED) is 0.387. The van der Waals surface area contributed by atoms with Crippen molar-refractivity contribution in [2.24, 2.45) is 5.73 Å². The molecule has 6 N–H and O–H groups in total. The highest BCUT2D eigenvalue weighted by Gasteiger charge is 2.31. The van der Waals surface area contributed by atoms with Crippen LogP contribution in [0.3, 0.4) is 0 Å². The summed E-state index contributed by atoms with van der Waals surface area (Å²) in [5.74, 6) is 0.134. The lowest BCUT2D eigenvalue weighted by molar-refractivity contribution is -0.137. The number of amides is 3. The number of thiophene rings is 1. The fourth-order valence-corrected chi connectivity index (χ4v) is 3.49. The van der Waals surface area contributed by atoms with Gasteiger partial charge >= 0.3 is 18.3 Å². The molecule has 0 spiro atoms. The first-order valence-corrected chi connectivity index (χ1v) is 9.70. The van der Waals surface area contributed by atoms with Gasteiger partial charge in [0.25, 0.3) is 0 Å². The molecule has 0 atom stereocenters. The number of nitrogens with one attached hydrogen (secondary N) is 2. The molecule has 12 heteroatoms. The molecule has 31 heavy (non-hydrogen) atoms. The normalized spacial score (nSPS) is 11.1. The summed E-state index contributed by atoms with van der Waals surface area (Å²) in [5, 5.41) is 6.68. The first kappa shape index (κ1) is 22.2. The molecule has 3 amide bonds. The smallest absolute Gasteiger partial charge is 0.407 e. The Morgan fingerprint density at radius 1 is 1.06 bits per heavy atom. The monoisotopic (exact) mass is 470 g/mol. The molecule has 3 aromatic rings. The molecular formula is C19H14ClF3N4O3S. The molecule has 2 aromatic carbocycles. The lowest BCUT2D eigenvalue weighted by atomic mass is 10.1. The summed E-state index contributed by atoms with van der Waals surface area (Å²) in [6.07, 6.45) is -5.58. The van der Waals surface area contributed by atoms with Crippen LogP contribution in [0.1, 0.15) is 5.56 Å². The number of hydrogen-bond donors (Lipinski definition) is 4. The average molecular weight is 471 g/mol. The van der Waals surface area contributed by atoms with E-state index in [9.17, 15) is 22.8 Å². The van der Waals surface area contributed by atoms with Crippen molar-refractivity contribution in [2.75, 3.05) is 16.4 Å². The van der Waals surface area contributed by atoms with Crippen LogP contribution in [0, 0.1) is 0 Å². The van der Waals surface area contributed by atoms with Gasteiger partial charge in [-0.2, -0.15) is 13.2 Å². The standard InChI is InChI=1S/C19H14ClF3N4O3S/c20-13-6-3-10(19(21,22)23)7-14(13)27-18(29)26-11-4-1-9(2-5-11)12-8-31-16(24)15(12)30-17(25)28/h1-8H,24H2,(H2,25,28)(H2,26,27,29). The Hall–Kier alpha value is -3.44. The molecule has 0 unspecified atom stereocenters. The fourth-order valence-electron chi connectivity index (χ4n) is 2.58. The number of ether oxygens (including phenoxy) is 1. The summed E-state index contributed by atoms with van der Waals surface area (Å²) >= 11 is 7.03. The Balaban J connectivity index is 1.73. The number of carbonyl (C=O) groups is 2. The van der Waals surface area contributed by atoms with Crippen molar-refractivity contribution in [1.82, 2.24) is 0 Å². The molecule has 0 saturated carbocycles. The van der Waals surface area contributed by atoms with Crippen molar-refractivity contribution in [3.05, 3.63) is 58.4 Å². The van der Waals surface area contributed by atoms with E-state index < -0.39 is 23.9 Å². The van der Waals surface area contributed by atoms with Crippen LogP contribution in [0.15, 0.2) is 47.8 Å². The number of hydrogen-bond acceptors (Lipinski definition) is 5. The van der Waals surface area contributed by atoms with Crippen molar-refractivity contribution >= 4 is 51.4 Å². The van der Waals surface area contributed by atoms with E-state index in [0.717, 1.165) is 29.5 Å². The third-order valence-electron chi connectivity index (χ3n) is 3.97. The van der Waals surface area contributed by atoms with Crippen molar-refractivity contribution in [3.8, 4) is 16.9 Å². The van der Waals surface area contributed by atoms with Crippen molar-refractivity contribution in [1.29, 1.82) is 0 Å². The minimum atomic E-state index is -4.57. The molecule has 7 nitrogen and oxygen atoms in total. The average Bonchev–Trinajstić information content (AvgIpc) is 3.03. The van der Waals surface area contributed by atoms with E-state index >= 15 is 0 Å². The van der Waals surface area contributed by atoms with Crippen molar-refractivity contribution in [3.63, 3.8) is 0 Å². The lowest BCUT2D eigenvalue weighted by Crippen LogP contribution is -2.20. The molecule has 0 aliphatic carbocycles. The fraction of sp³-hybridized carbons (Fsp3) is 0.0526. The van der Waals surface area contributed by atoms with E-state index in [1.807, 2.05) is 0 Å². The first-order valence-electron chi connectivity index (χ1n) is 8.44. The van der Waals surface area contributed by atoms with E-state index in [-0.39, 0.29) is 21.5 Å². The molecule has 162 valence electrons. The van der Waals surface area contributed by atoms with Crippen LogP contribution in [0.2, 0.25) is 5.02 Å². The molecule has 1 heterocycles. The Bertz CT molecular complexity index is 1130. The summed E-state index contributed by atoms with van der Waals surface area (Å²) in [5.41, 5.74) is 11.2. The molecule has 0 aliphatic rings. The molecule has 0 fully saturated rings. The van der Waals surface area contributed by atoms with Gasteiger partial charge in [0.15, 0.2) is 5.75 Å². The number of halogens is 4. The Morgan fingerprint density at radius 3 is 2.35 bits per heavy atom. The van der Waals surface area contributed by atoms with E-state index in [0.29, 0.717) is 16.8 Å². The molecule has 3 rings (SSSR count). The second-order valence-electron chi connectivity index (χ2n) is 6.11.